The molecule has 0 radical (unpaired) electrons. The van der Waals surface area contributed by atoms with Crippen LogP contribution in [0, 0.1) is 0 Å². The molecule has 0 saturated carbocycles. The Morgan fingerprint density at radius 3 is 2.83 bits per heavy atom. The van der Waals surface area contributed by atoms with Crippen molar-refractivity contribution >= 4 is 11.3 Å². The molecule has 0 spiro atoms. The highest BCUT2D eigenvalue weighted by molar-refractivity contribution is 7.09. The Morgan fingerprint density at radius 2 is 2.17 bits per heavy atom. The van der Waals surface area contributed by atoms with E-state index in [2.05, 4.69) is 26.3 Å². The van der Waals surface area contributed by atoms with Gasteiger partial charge >= 0.3 is 0 Å². The van der Waals surface area contributed by atoms with Crippen LogP contribution >= 0.6 is 11.3 Å². The quantitative estimate of drug-likeness (QED) is 0.848. The highest BCUT2D eigenvalue weighted by Gasteiger charge is 2.22. The predicted molar refractivity (Wildman–Crippen MR) is 73.6 cm³/mol. The maximum atomic E-state index is 4.44. The Morgan fingerprint density at radius 1 is 1.28 bits per heavy atom. The van der Waals surface area contributed by atoms with E-state index in [1.165, 1.54) is 36.5 Å². The van der Waals surface area contributed by atoms with Gasteiger partial charge in [-0.2, -0.15) is 0 Å². The van der Waals surface area contributed by atoms with E-state index >= 15 is 0 Å². The number of nitrogens with zero attached hydrogens (tertiary/aromatic N) is 3. The van der Waals surface area contributed by atoms with Gasteiger partial charge in [0.2, 0.25) is 0 Å². The van der Waals surface area contributed by atoms with Crippen molar-refractivity contribution in [2.45, 2.75) is 25.3 Å². The fourth-order valence-electron chi connectivity index (χ4n) is 2.52. The first-order valence-corrected chi connectivity index (χ1v) is 7.30. The largest absolute Gasteiger partial charge is 0.299 e. The third kappa shape index (κ3) is 2.76. The van der Waals surface area contributed by atoms with Crippen molar-refractivity contribution in [3.05, 3.63) is 46.7 Å². The summed E-state index contributed by atoms with van der Waals surface area (Å²) in [7, 11) is 0. The first-order chi connectivity index (χ1) is 8.92. The van der Waals surface area contributed by atoms with Crippen molar-refractivity contribution < 1.29 is 0 Å². The van der Waals surface area contributed by atoms with E-state index in [4.69, 9.17) is 0 Å². The third-order valence-electron chi connectivity index (χ3n) is 3.52. The van der Waals surface area contributed by atoms with Crippen LogP contribution in [0.2, 0.25) is 0 Å². The molecule has 18 heavy (non-hydrogen) atoms. The van der Waals surface area contributed by atoms with Gasteiger partial charge in [0.1, 0.15) is 0 Å². The Balaban J connectivity index is 1.54. The summed E-state index contributed by atoms with van der Waals surface area (Å²) in [5.41, 5.74) is 1.31. The number of aromatic nitrogens is 2. The Labute approximate surface area is 112 Å². The number of likely N-dealkylation sites (tertiary alicyclic amines) is 1. The fourth-order valence-corrected chi connectivity index (χ4v) is 3.33. The lowest BCUT2D eigenvalue weighted by Gasteiger charge is -2.30. The minimum atomic E-state index is 0.676. The zero-order valence-corrected chi connectivity index (χ0v) is 11.1. The van der Waals surface area contributed by atoms with Crippen LogP contribution in [-0.2, 0) is 6.54 Å². The number of rotatable bonds is 3. The van der Waals surface area contributed by atoms with Crippen molar-refractivity contribution in [2.24, 2.45) is 0 Å². The lowest BCUT2D eigenvalue weighted by atomic mass is 9.97. The predicted octanol–water partition coefficient (Wildman–Crippen LogP) is 2.92. The van der Waals surface area contributed by atoms with Crippen LogP contribution in [0.15, 0.2) is 36.1 Å². The van der Waals surface area contributed by atoms with E-state index in [0.717, 1.165) is 6.54 Å². The summed E-state index contributed by atoms with van der Waals surface area (Å²) in [5, 5.41) is 3.40. The van der Waals surface area contributed by atoms with Gasteiger partial charge in [0.05, 0.1) is 5.01 Å². The monoisotopic (exact) mass is 259 g/mol. The molecule has 94 valence electrons. The summed E-state index contributed by atoms with van der Waals surface area (Å²) >= 11 is 1.80. The highest BCUT2D eigenvalue weighted by atomic mass is 32.1. The lowest BCUT2D eigenvalue weighted by Crippen LogP contribution is -2.32. The second-order valence-corrected chi connectivity index (χ2v) is 5.71. The minimum absolute atomic E-state index is 0.676. The standard InChI is InChI=1S/C14H17N3S/c1-2-12(10-15-5-1)11-17-7-3-13(4-8-17)14-16-6-9-18-14/h1-2,5-6,9-10,13H,3-4,7-8,11H2. The zero-order valence-electron chi connectivity index (χ0n) is 10.3. The van der Waals surface area contributed by atoms with Crippen LogP contribution < -0.4 is 0 Å². The van der Waals surface area contributed by atoms with Crippen molar-refractivity contribution in [3.8, 4) is 0 Å². The maximum Gasteiger partial charge on any atom is 0.0956 e. The smallest absolute Gasteiger partial charge is 0.0956 e. The molecule has 1 saturated heterocycles. The van der Waals surface area contributed by atoms with Gasteiger partial charge in [-0.15, -0.1) is 11.3 Å². The molecule has 0 unspecified atom stereocenters. The summed E-state index contributed by atoms with van der Waals surface area (Å²) in [6.45, 7) is 3.36. The lowest BCUT2D eigenvalue weighted by molar-refractivity contribution is 0.204. The number of hydrogen-bond acceptors (Lipinski definition) is 4. The van der Waals surface area contributed by atoms with Gasteiger partial charge in [0.25, 0.3) is 0 Å². The summed E-state index contributed by atoms with van der Waals surface area (Å²) in [6.07, 6.45) is 8.18. The third-order valence-corrected chi connectivity index (χ3v) is 4.46. The van der Waals surface area contributed by atoms with Crippen molar-refractivity contribution in [1.82, 2.24) is 14.9 Å². The van der Waals surface area contributed by atoms with Gasteiger partial charge in [-0.05, 0) is 37.6 Å². The molecule has 0 amide bonds. The van der Waals surface area contributed by atoms with E-state index in [0.29, 0.717) is 5.92 Å². The number of pyridine rings is 1. The molecule has 3 rings (SSSR count). The first-order valence-electron chi connectivity index (χ1n) is 6.42. The van der Waals surface area contributed by atoms with E-state index in [9.17, 15) is 0 Å². The molecule has 0 aliphatic carbocycles. The molecule has 0 bridgehead atoms. The molecule has 3 nitrogen and oxygen atoms in total. The first kappa shape index (κ1) is 11.8. The second kappa shape index (κ2) is 5.59. The van der Waals surface area contributed by atoms with Gasteiger partial charge in [0.15, 0.2) is 0 Å². The van der Waals surface area contributed by atoms with Gasteiger partial charge < -0.3 is 0 Å². The topological polar surface area (TPSA) is 29.0 Å². The molecule has 1 aliphatic heterocycles. The molecular formula is C14H17N3S. The van der Waals surface area contributed by atoms with Crippen LogP contribution in [0.1, 0.15) is 29.3 Å². The van der Waals surface area contributed by atoms with Crippen LogP contribution in [0.3, 0.4) is 0 Å². The van der Waals surface area contributed by atoms with Gasteiger partial charge in [0, 0.05) is 36.4 Å². The minimum Gasteiger partial charge on any atom is -0.299 e. The van der Waals surface area contributed by atoms with Crippen molar-refractivity contribution in [1.29, 1.82) is 0 Å². The molecule has 2 aromatic rings. The average molecular weight is 259 g/mol. The van der Waals surface area contributed by atoms with Crippen LogP contribution in [-0.4, -0.2) is 28.0 Å². The van der Waals surface area contributed by atoms with Gasteiger partial charge in [-0.1, -0.05) is 6.07 Å². The molecule has 0 N–H and O–H groups in total. The number of hydrogen-bond donors (Lipinski definition) is 0. The molecule has 4 heteroatoms. The maximum absolute atomic E-state index is 4.44. The fraction of sp³-hybridized carbons (Fsp3) is 0.429. The SMILES string of the molecule is c1cncc(CN2CCC(c3nccs3)CC2)c1. The van der Waals surface area contributed by atoms with Crippen LogP contribution in [0.25, 0.3) is 0 Å². The Bertz CT molecular complexity index is 461. The molecule has 2 aromatic heterocycles. The molecule has 3 heterocycles. The molecular weight excluding hydrogens is 242 g/mol. The second-order valence-electron chi connectivity index (χ2n) is 4.78. The van der Waals surface area contributed by atoms with Gasteiger partial charge in [-0.3, -0.25) is 9.88 Å². The summed E-state index contributed by atoms with van der Waals surface area (Å²) in [5.74, 6) is 0.676. The van der Waals surface area contributed by atoms with E-state index in [1.807, 2.05) is 24.7 Å². The Kier molecular flexibility index (Phi) is 3.67. The van der Waals surface area contributed by atoms with Crippen molar-refractivity contribution in [3.63, 3.8) is 0 Å². The summed E-state index contributed by atoms with van der Waals surface area (Å²) in [6, 6.07) is 4.16. The van der Waals surface area contributed by atoms with Gasteiger partial charge in [-0.25, -0.2) is 4.98 Å². The van der Waals surface area contributed by atoms with E-state index < -0.39 is 0 Å². The summed E-state index contributed by atoms with van der Waals surface area (Å²) in [4.78, 5) is 11.1. The number of thiazole rings is 1. The zero-order chi connectivity index (χ0) is 12.2. The molecule has 1 aliphatic rings. The molecule has 0 aromatic carbocycles. The molecule has 0 atom stereocenters. The molecule has 1 fully saturated rings. The summed E-state index contributed by atoms with van der Waals surface area (Å²) < 4.78 is 0. The Hall–Kier alpha value is -1.26. The van der Waals surface area contributed by atoms with Crippen molar-refractivity contribution in [2.75, 3.05) is 13.1 Å². The average Bonchev–Trinajstić information content (AvgIpc) is 2.95. The van der Waals surface area contributed by atoms with E-state index in [-0.39, 0.29) is 0 Å². The van der Waals surface area contributed by atoms with E-state index in [1.54, 1.807) is 11.3 Å². The number of piperidine rings is 1. The highest BCUT2D eigenvalue weighted by Crippen LogP contribution is 2.29. The van der Waals surface area contributed by atoms with Crippen LogP contribution in [0.5, 0.6) is 0 Å². The van der Waals surface area contributed by atoms with Crippen LogP contribution in [0.4, 0.5) is 0 Å². The normalized spacial score (nSPS) is 18.0.